The summed E-state index contributed by atoms with van der Waals surface area (Å²) in [6.45, 7) is 15.6. The van der Waals surface area contributed by atoms with E-state index in [0.29, 0.717) is 26.2 Å². The van der Waals surface area contributed by atoms with Crippen LogP contribution in [0.1, 0.15) is 78.9 Å². The quantitative estimate of drug-likeness (QED) is 0.323. The molecule has 2 fully saturated rings. The van der Waals surface area contributed by atoms with Crippen molar-refractivity contribution in [3.8, 4) is 0 Å². The van der Waals surface area contributed by atoms with Crippen LogP contribution in [-0.4, -0.2) is 89.8 Å². The van der Waals surface area contributed by atoms with E-state index in [1.54, 1.807) is 9.80 Å². The number of alkyl carbamates (subject to hydrolysis) is 2. The normalized spacial score (nSPS) is 18.4. The van der Waals surface area contributed by atoms with Crippen molar-refractivity contribution in [1.29, 1.82) is 0 Å². The van der Waals surface area contributed by atoms with Crippen molar-refractivity contribution < 1.29 is 47.7 Å². The Morgan fingerprint density at radius 2 is 1.12 bits per heavy atom. The number of carbonyl (C=O) groups is 4. The van der Waals surface area contributed by atoms with Gasteiger partial charge in [-0.3, -0.25) is 0 Å². The second-order valence-corrected chi connectivity index (χ2v) is 14.7. The summed E-state index contributed by atoms with van der Waals surface area (Å²) in [6, 6.07) is 18.9. The molecular weight excluding hydrogens is 672 g/mol. The molecule has 0 bridgehead atoms. The number of nitrogens with zero attached hydrogens (tertiary/aromatic N) is 2. The number of hydrogen-bond acceptors (Lipinski definition) is 10. The van der Waals surface area contributed by atoms with Gasteiger partial charge in [-0.25, -0.2) is 19.2 Å². The van der Waals surface area contributed by atoms with Gasteiger partial charge in [0.25, 0.3) is 0 Å². The Hall–Kier alpha value is -5.10. The monoisotopic (exact) mass is 726 g/mol. The van der Waals surface area contributed by atoms with Crippen LogP contribution in [0.5, 0.6) is 0 Å². The van der Waals surface area contributed by atoms with Gasteiger partial charge in [0.15, 0.2) is 0 Å². The maximum absolute atomic E-state index is 12.3. The fraction of sp³-hybridized carbons (Fsp3) is 0.553. The Kier molecular flexibility index (Phi) is 17.6. The van der Waals surface area contributed by atoms with Gasteiger partial charge in [0.1, 0.15) is 24.4 Å². The van der Waals surface area contributed by atoms with Crippen LogP contribution in [0.3, 0.4) is 0 Å². The van der Waals surface area contributed by atoms with Gasteiger partial charge in [-0.05, 0) is 77.8 Å². The minimum Gasteiger partial charge on any atom is -0.445 e. The van der Waals surface area contributed by atoms with Crippen LogP contribution in [0.4, 0.5) is 19.2 Å². The fourth-order valence-corrected chi connectivity index (χ4v) is 5.44. The van der Waals surface area contributed by atoms with Crippen molar-refractivity contribution in [2.24, 2.45) is 5.92 Å². The molecule has 3 atom stereocenters. The summed E-state index contributed by atoms with van der Waals surface area (Å²) in [6.07, 6.45) is 1.08. The molecule has 286 valence electrons. The molecule has 2 aromatic rings. The number of nitrogens with one attached hydrogen (secondary N) is 2. The predicted octanol–water partition coefficient (Wildman–Crippen LogP) is 6.29. The Bertz CT molecular complexity index is 1440. The summed E-state index contributed by atoms with van der Waals surface area (Å²) in [4.78, 5) is 67.9. The highest BCUT2D eigenvalue weighted by atomic mass is 16.6. The Labute approximate surface area is 306 Å². The van der Waals surface area contributed by atoms with Crippen LogP contribution < -0.4 is 10.6 Å². The molecule has 0 saturated carbocycles. The average Bonchev–Trinajstić information content (AvgIpc) is 3.06. The molecule has 14 nitrogen and oxygen atoms in total. The molecule has 4 rings (SSSR count). The number of benzene rings is 2. The first-order valence-electron chi connectivity index (χ1n) is 17.4. The number of carbonyl (C=O) groups excluding carboxylic acids is 6. The molecule has 52 heavy (non-hydrogen) atoms. The molecule has 0 spiro atoms. The van der Waals surface area contributed by atoms with Crippen LogP contribution >= 0.6 is 0 Å². The second kappa shape index (κ2) is 21.3. The van der Waals surface area contributed by atoms with Gasteiger partial charge in [-0.1, -0.05) is 67.6 Å². The maximum Gasteiger partial charge on any atom is 0.410 e. The van der Waals surface area contributed by atoms with Crippen molar-refractivity contribution >= 4 is 30.5 Å². The van der Waals surface area contributed by atoms with E-state index >= 15 is 0 Å². The number of hydrogen-bond donors (Lipinski definition) is 2. The van der Waals surface area contributed by atoms with Gasteiger partial charge in [-0.2, -0.15) is 9.59 Å². The van der Waals surface area contributed by atoms with Crippen LogP contribution in [0.15, 0.2) is 60.7 Å². The Morgan fingerprint density at radius 1 is 0.692 bits per heavy atom. The van der Waals surface area contributed by atoms with Crippen LogP contribution in [-0.2, 0) is 41.8 Å². The van der Waals surface area contributed by atoms with Gasteiger partial charge >= 0.3 is 30.5 Å². The SMILES string of the molecule is CC(C)(C)OC(=O)NC1CCCN(C(=O)OCc2ccccc2)C1.CC1CC(NC(=O)OC(C)(C)C)CN(C(=O)OCc2ccccc2)C1.O=C=O. The molecular formula is C38H54N4O10. The van der Waals surface area contributed by atoms with Gasteiger partial charge < -0.3 is 39.4 Å². The van der Waals surface area contributed by atoms with Crippen LogP contribution in [0.25, 0.3) is 0 Å². The van der Waals surface area contributed by atoms with E-state index in [1.807, 2.05) is 102 Å². The lowest BCUT2D eigenvalue weighted by atomic mass is 9.96. The van der Waals surface area contributed by atoms with E-state index in [9.17, 15) is 19.2 Å². The zero-order valence-corrected chi connectivity index (χ0v) is 31.3. The Morgan fingerprint density at radius 3 is 1.58 bits per heavy atom. The molecule has 2 N–H and O–H groups in total. The average molecular weight is 727 g/mol. The molecule has 14 heteroatoms. The number of amides is 4. The van der Waals surface area contributed by atoms with E-state index in [-0.39, 0.29) is 49.6 Å². The van der Waals surface area contributed by atoms with Crippen molar-refractivity contribution in [1.82, 2.24) is 20.4 Å². The summed E-state index contributed by atoms with van der Waals surface area (Å²) in [5, 5.41) is 5.68. The number of rotatable bonds is 6. The van der Waals surface area contributed by atoms with Gasteiger partial charge in [0.05, 0.1) is 6.04 Å². The number of likely N-dealkylation sites (tertiary alicyclic amines) is 2. The smallest absolute Gasteiger partial charge is 0.410 e. The van der Waals surface area contributed by atoms with Crippen molar-refractivity contribution in [3.63, 3.8) is 0 Å². The third-order valence-electron chi connectivity index (χ3n) is 7.45. The molecule has 3 unspecified atom stereocenters. The highest BCUT2D eigenvalue weighted by molar-refractivity contribution is 5.70. The summed E-state index contributed by atoms with van der Waals surface area (Å²) < 4.78 is 21.3. The molecule has 2 aromatic carbocycles. The number of ether oxygens (including phenoxy) is 4. The molecule has 2 saturated heterocycles. The second-order valence-electron chi connectivity index (χ2n) is 14.7. The lowest BCUT2D eigenvalue weighted by Crippen LogP contribution is -2.52. The van der Waals surface area contributed by atoms with Crippen molar-refractivity contribution in [2.45, 2.75) is 104 Å². The molecule has 2 aliphatic heterocycles. The lowest BCUT2D eigenvalue weighted by Gasteiger charge is -2.36. The molecule has 0 aromatic heterocycles. The molecule has 2 heterocycles. The zero-order valence-electron chi connectivity index (χ0n) is 31.3. The summed E-state index contributed by atoms with van der Waals surface area (Å²) in [7, 11) is 0. The minimum atomic E-state index is -0.543. The first kappa shape index (κ1) is 43.1. The third-order valence-corrected chi connectivity index (χ3v) is 7.45. The highest BCUT2D eigenvalue weighted by Crippen LogP contribution is 2.19. The topological polar surface area (TPSA) is 170 Å². The van der Waals surface area contributed by atoms with Crippen molar-refractivity contribution in [3.05, 3.63) is 71.8 Å². The van der Waals surface area contributed by atoms with Gasteiger partial charge in [0, 0.05) is 32.2 Å². The summed E-state index contributed by atoms with van der Waals surface area (Å²) >= 11 is 0. The fourth-order valence-electron chi connectivity index (χ4n) is 5.44. The van der Waals surface area contributed by atoms with Crippen molar-refractivity contribution in [2.75, 3.05) is 26.2 Å². The third kappa shape index (κ3) is 18.2. The van der Waals surface area contributed by atoms with E-state index < -0.39 is 23.4 Å². The minimum absolute atomic E-state index is 0.113. The summed E-state index contributed by atoms with van der Waals surface area (Å²) in [5.41, 5.74) is 0.821. The lowest BCUT2D eigenvalue weighted by molar-refractivity contribution is -0.191. The van der Waals surface area contributed by atoms with Crippen LogP contribution in [0.2, 0.25) is 0 Å². The largest absolute Gasteiger partial charge is 0.445 e. The standard InChI is InChI=1S/C19H28N2O4.C18H26N2O4.CO2/c1-14-10-16(20-17(22)25-19(2,3)4)12-21(11-14)18(23)24-13-15-8-6-5-7-9-15;1-18(2,3)24-16(21)19-15-10-7-11-20(12-15)17(22)23-13-14-8-5-4-6-9-14;2-1-3/h5-9,14,16H,10-13H2,1-4H3,(H,20,22);4-6,8-9,15H,7,10-13H2,1-3H3,(H,19,21);. The highest BCUT2D eigenvalue weighted by Gasteiger charge is 2.31. The van der Waals surface area contributed by atoms with Crippen LogP contribution in [0, 0.1) is 5.92 Å². The van der Waals surface area contributed by atoms with E-state index in [1.165, 1.54) is 0 Å². The molecule has 0 aliphatic carbocycles. The molecule has 0 radical (unpaired) electrons. The first-order chi connectivity index (χ1) is 24.5. The Balaban J connectivity index is 0.000000335. The van der Waals surface area contributed by atoms with Gasteiger partial charge in [0.2, 0.25) is 0 Å². The zero-order chi connectivity index (χ0) is 38.7. The predicted molar refractivity (Wildman–Crippen MR) is 191 cm³/mol. The molecule has 4 amide bonds. The maximum atomic E-state index is 12.3. The van der Waals surface area contributed by atoms with E-state index in [0.717, 1.165) is 30.4 Å². The van der Waals surface area contributed by atoms with E-state index in [2.05, 4.69) is 17.6 Å². The van der Waals surface area contributed by atoms with Gasteiger partial charge in [-0.15, -0.1) is 0 Å². The van der Waals surface area contributed by atoms with E-state index in [4.69, 9.17) is 28.5 Å². The number of piperidine rings is 2. The molecule has 2 aliphatic rings. The first-order valence-corrected chi connectivity index (χ1v) is 17.4. The summed E-state index contributed by atoms with van der Waals surface area (Å²) in [5.74, 6) is 0.276.